The van der Waals surface area contributed by atoms with E-state index in [0.29, 0.717) is 24.3 Å². The summed E-state index contributed by atoms with van der Waals surface area (Å²) >= 11 is 15.5. The van der Waals surface area contributed by atoms with Crippen molar-refractivity contribution >= 4 is 110 Å². The number of hydrogen-bond acceptors (Lipinski definition) is 24. The zero-order chi connectivity index (χ0) is 57.3. The second-order valence-electron chi connectivity index (χ2n) is 23.4. The van der Waals surface area contributed by atoms with Gasteiger partial charge in [0.05, 0.1) is 48.0 Å². The standard InChI is InChI=1S/C18H24O6S.C17H22O6S.C10H16O4S.C9H16O4S/c1-18(5-2-3-6-18)24-17(21)13-10-8-9-12(13)16(20)23-15(9)14(10)22-11(19)4-7-25;1-17(4-2-3-5-17)23-16(20)12-9-6-8-11(12)15(19)22-14(8)13(9)21-10(18)7-24;1-10(4-2-3-5-10)14-8(11)6-13-9(12)7-15;1-9(2,3)13-8(11)6-12-7(10)4-5-14/h9-10,12-15,25H,2-8H2,1H3;8-9,11-14,24H,2-7H2,1H3;15H,2-7H2,1H3;14H,4-6H2,1-3H3. The first kappa shape index (κ1) is 63.3. The summed E-state index contributed by atoms with van der Waals surface area (Å²) in [6, 6.07) is 0. The monoisotopic (exact) mass is 1170 g/mol. The number of thiol groups is 4. The van der Waals surface area contributed by atoms with Crippen molar-refractivity contribution in [3.63, 3.8) is 0 Å². The predicted molar refractivity (Wildman–Crippen MR) is 288 cm³/mol. The molecule has 2 heterocycles. The summed E-state index contributed by atoms with van der Waals surface area (Å²) in [4.78, 5) is 118. The van der Waals surface area contributed by atoms with Crippen LogP contribution in [0.3, 0.4) is 0 Å². The quantitative estimate of drug-likeness (QED) is 0.0746. The minimum Gasteiger partial charge on any atom is -0.459 e. The molecule has 0 N–H and O–H groups in total. The zero-order valence-electron chi connectivity index (χ0n) is 45.4. The number of fused-ring (bicyclic) bond motifs is 2. The van der Waals surface area contributed by atoms with E-state index < -0.39 is 94.7 Å². The molecule has 9 aliphatic rings. The van der Waals surface area contributed by atoms with Gasteiger partial charge < -0.3 is 47.4 Å². The third-order valence-electron chi connectivity index (χ3n) is 16.2. The maximum atomic E-state index is 12.9. The van der Waals surface area contributed by atoms with Crippen molar-refractivity contribution in [3.8, 4) is 0 Å². The number of esters is 10. The van der Waals surface area contributed by atoms with Gasteiger partial charge in [-0.15, -0.1) is 0 Å². The smallest absolute Gasteiger partial charge is 0.344 e. The Kier molecular flexibility index (Phi) is 22.1. The van der Waals surface area contributed by atoms with E-state index in [9.17, 15) is 47.9 Å². The molecule has 2 saturated heterocycles. The Bertz CT molecular complexity index is 2210. The average Bonchev–Trinajstić information content (AvgIpc) is 4.38. The molecule has 438 valence electrons. The highest BCUT2D eigenvalue weighted by atomic mass is 32.1. The maximum absolute atomic E-state index is 12.9. The van der Waals surface area contributed by atoms with Crippen LogP contribution in [-0.2, 0) is 95.3 Å². The Labute approximate surface area is 477 Å². The molecule has 20 nitrogen and oxygen atoms in total. The van der Waals surface area contributed by atoms with Crippen LogP contribution in [0.4, 0.5) is 0 Å². The van der Waals surface area contributed by atoms with Gasteiger partial charge in [0.1, 0.15) is 46.8 Å². The van der Waals surface area contributed by atoms with E-state index in [1.165, 1.54) is 0 Å². The molecular formula is C54H78O20S4. The minimum absolute atomic E-state index is 0.0233. The number of hydrogen-bond donors (Lipinski definition) is 4. The van der Waals surface area contributed by atoms with Gasteiger partial charge in [-0.05, 0) is 131 Å². The van der Waals surface area contributed by atoms with Crippen molar-refractivity contribution in [1.82, 2.24) is 0 Å². The van der Waals surface area contributed by atoms with Crippen LogP contribution < -0.4 is 0 Å². The van der Waals surface area contributed by atoms with Gasteiger partial charge in [0.15, 0.2) is 13.2 Å². The number of carbonyl (C=O) groups is 10. The fourth-order valence-corrected chi connectivity index (χ4v) is 13.4. The Morgan fingerprint density at radius 1 is 0.500 bits per heavy atom. The van der Waals surface area contributed by atoms with Crippen molar-refractivity contribution in [1.29, 1.82) is 0 Å². The molecule has 12 unspecified atom stereocenters. The summed E-state index contributed by atoms with van der Waals surface area (Å²) in [5.41, 5.74) is -1.77. The fourth-order valence-electron chi connectivity index (χ4n) is 12.9. The van der Waals surface area contributed by atoms with Crippen LogP contribution in [0.25, 0.3) is 0 Å². The SMILES string of the molecule is CC(C)(C)OC(=O)COC(=O)CCS.CC1(OC(=O)C2C3CC4C(OC(=O)C42)C3OC(=O)CCS)CCCC1.CC1(OC(=O)C2C3CC4C(OC(=O)C42)C3OC(=O)CS)CCCC1.CC1(OC(=O)COC(=O)CS)CCCC1. The lowest BCUT2D eigenvalue weighted by atomic mass is 9.78. The van der Waals surface area contributed by atoms with E-state index in [1.54, 1.807) is 20.8 Å². The molecule has 0 aromatic carbocycles. The molecule has 78 heavy (non-hydrogen) atoms. The summed E-state index contributed by atoms with van der Waals surface area (Å²) in [5, 5.41) is 0. The highest BCUT2D eigenvalue weighted by Crippen LogP contribution is 2.61. The van der Waals surface area contributed by atoms with Gasteiger partial charge in [0, 0.05) is 35.2 Å². The van der Waals surface area contributed by atoms with Crippen LogP contribution in [0, 0.1) is 47.3 Å². The lowest BCUT2D eigenvalue weighted by Crippen LogP contribution is -2.45. The van der Waals surface area contributed by atoms with Crippen LogP contribution in [0.15, 0.2) is 0 Å². The number of ether oxygens (including phenoxy) is 10. The minimum atomic E-state index is -0.559. The first-order valence-corrected chi connectivity index (χ1v) is 29.7. The molecule has 4 bridgehead atoms. The van der Waals surface area contributed by atoms with Crippen molar-refractivity contribution in [2.45, 2.75) is 191 Å². The van der Waals surface area contributed by atoms with Crippen molar-refractivity contribution in [2.75, 3.05) is 36.2 Å². The summed E-state index contributed by atoms with van der Waals surface area (Å²) in [5.74, 6) is -5.84. The van der Waals surface area contributed by atoms with Gasteiger partial charge in [-0.3, -0.25) is 38.4 Å². The summed E-state index contributed by atoms with van der Waals surface area (Å²) in [6.45, 7) is 10.4. The lowest BCUT2D eigenvalue weighted by molar-refractivity contribution is -0.173. The molecule has 0 amide bonds. The molecule has 7 saturated carbocycles. The van der Waals surface area contributed by atoms with E-state index in [0.717, 1.165) is 77.0 Å². The molecule has 2 aliphatic heterocycles. The Hall–Kier alpha value is -3.90. The predicted octanol–water partition coefficient (Wildman–Crippen LogP) is 5.94. The molecule has 9 rings (SSSR count). The fraction of sp³-hybridized carbons (Fsp3) is 0.815. The molecule has 0 aromatic heterocycles. The number of rotatable bonds is 17. The lowest BCUT2D eigenvalue weighted by Gasteiger charge is -2.33. The van der Waals surface area contributed by atoms with E-state index in [2.05, 4.69) is 60.0 Å². The Morgan fingerprint density at radius 2 is 0.872 bits per heavy atom. The highest BCUT2D eigenvalue weighted by Gasteiger charge is 2.72. The molecule has 24 heteroatoms. The van der Waals surface area contributed by atoms with E-state index >= 15 is 0 Å². The third kappa shape index (κ3) is 16.0. The van der Waals surface area contributed by atoms with Gasteiger partial charge in [-0.1, -0.05) is 0 Å². The van der Waals surface area contributed by atoms with Crippen LogP contribution >= 0.6 is 50.5 Å². The second-order valence-corrected chi connectivity index (χ2v) is 24.9. The first-order valence-electron chi connectivity index (χ1n) is 27.2. The second kappa shape index (κ2) is 27.2. The largest absolute Gasteiger partial charge is 0.459 e. The van der Waals surface area contributed by atoms with Crippen LogP contribution in [-0.4, -0.2) is 143 Å². The number of carbonyl (C=O) groups excluding carboxylic acids is 10. The summed E-state index contributed by atoms with van der Waals surface area (Å²) in [7, 11) is 0. The van der Waals surface area contributed by atoms with Crippen LogP contribution in [0.1, 0.15) is 144 Å². The average molecular weight is 1180 g/mol. The van der Waals surface area contributed by atoms with Crippen molar-refractivity contribution in [3.05, 3.63) is 0 Å². The Balaban J connectivity index is 0.000000174. The van der Waals surface area contributed by atoms with Gasteiger partial charge in [-0.25, -0.2) is 9.59 Å². The van der Waals surface area contributed by atoms with Crippen molar-refractivity contribution < 1.29 is 95.3 Å². The highest BCUT2D eigenvalue weighted by molar-refractivity contribution is 7.81. The molecule has 7 aliphatic carbocycles. The molecule has 0 aromatic rings. The van der Waals surface area contributed by atoms with E-state index in [4.69, 9.17) is 37.9 Å². The van der Waals surface area contributed by atoms with Crippen LogP contribution in [0.5, 0.6) is 0 Å². The maximum Gasteiger partial charge on any atom is 0.344 e. The molecule has 0 spiro atoms. The summed E-state index contributed by atoms with van der Waals surface area (Å²) in [6.07, 6.45) is 11.4. The van der Waals surface area contributed by atoms with Gasteiger partial charge in [0.2, 0.25) is 0 Å². The topological polar surface area (TPSA) is 263 Å². The molecular weight excluding hydrogens is 1100 g/mol. The van der Waals surface area contributed by atoms with Gasteiger partial charge in [0.25, 0.3) is 0 Å². The van der Waals surface area contributed by atoms with Gasteiger partial charge in [-0.2, -0.15) is 50.5 Å². The summed E-state index contributed by atoms with van der Waals surface area (Å²) < 4.78 is 53.0. The van der Waals surface area contributed by atoms with Crippen molar-refractivity contribution in [2.24, 2.45) is 47.3 Å². The molecule has 9 fully saturated rings. The molecule has 12 atom stereocenters. The molecule has 0 radical (unpaired) electrons. The van der Waals surface area contributed by atoms with Gasteiger partial charge >= 0.3 is 59.7 Å². The zero-order valence-corrected chi connectivity index (χ0v) is 49.0. The first-order chi connectivity index (χ1) is 36.8. The van der Waals surface area contributed by atoms with Crippen LogP contribution in [0.2, 0.25) is 0 Å². The third-order valence-corrected chi connectivity index (χ3v) is 17.2. The Morgan fingerprint density at radius 3 is 1.27 bits per heavy atom. The van der Waals surface area contributed by atoms with E-state index in [-0.39, 0.29) is 96.7 Å². The normalized spacial score (nSPS) is 31.1. The van der Waals surface area contributed by atoms with E-state index in [1.807, 2.05) is 20.8 Å².